The molecule has 1 aromatic heterocycles. The molecule has 0 saturated heterocycles. The number of nitrogen functional groups attached to an aromatic ring is 1. The van der Waals surface area contributed by atoms with E-state index in [2.05, 4.69) is 10.4 Å². The predicted molar refractivity (Wildman–Crippen MR) is 70.2 cm³/mol. The van der Waals surface area contributed by atoms with Crippen LogP contribution in [0.5, 0.6) is 0 Å². The Bertz CT molecular complexity index is 626. The van der Waals surface area contributed by atoms with Crippen molar-refractivity contribution in [3.8, 4) is 0 Å². The Morgan fingerprint density at radius 1 is 1.58 bits per heavy atom. The van der Waals surface area contributed by atoms with Crippen molar-refractivity contribution in [3.63, 3.8) is 0 Å². The lowest BCUT2D eigenvalue weighted by Crippen LogP contribution is -2.25. The van der Waals surface area contributed by atoms with Gasteiger partial charge in [-0.1, -0.05) is 11.6 Å². The van der Waals surface area contributed by atoms with Crippen LogP contribution in [0, 0.1) is 5.82 Å². The molecule has 1 heterocycles. The van der Waals surface area contributed by atoms with Crippen LogP contribution in [0.1, 0.15) is 16.1 Å². The Hall–Kier alpha value is -2.08. The fourth-order valence-corrected chi connectivity index (χ4v) is 1.82. The topological polar surface area (TPSA) is 72.9 Å². The summed E-state index contributed by atoms with van der Waals surface area (Å²) >= 11 is 5.70. The maximum absolute atomic E-state index is 13.4. The van der Waals surface area contributed by atoms with E-state index in [1.807, 2.05) is 0 Å². The second-order valence-electron chi connectivity index (χ2n) is 3.98. The molecule has 0 fully saturated rings. The zero-order valence-corrected chi connectivity index (χ0v) is 10.9. The molecule has 0 unspecified atom stereocenters. The minimum atomic E-state index is -0.710. The lowest BCUT2D eigenvalue weighted by Gasteiger charge is -2.09. The molecule has 0 atom stereocenters. The molecule has 7 heteroatoms. The molecule has 0 aliphatic carbocycles. The number of hydrogen-bond donors (Lipinski definition) is 2. The molecule has 19 heavy (non-hydrogen) atoms. The maximum Gasteiger partial charge on any atom is 0.253 e. The van der Waals surface area contributed by atoms with Crippen LogP contribution in [0.25, 0.3) is 0 Å². The third kappa shape index (κ3) is 2.85. The van der Waals surface area contributed by atoms with E-state index in [1.165, 1.54) is 6.07 Å². The third-order valence-corrected chi connectivity index (χ3v) is 2.91. The van der Waals surface area contributed by atoms with E-state index in [4.69, 9.17) is 17.3 Å². The molecular formula is C12H12ClFN4O. The van der Waals surface area contributed by atoms with E-state index >= 15 is 0 Å². The largest absolute Gasteiger partial charge is 0.396 e. The minimum absolute atomic E-state index is 0.0205. The van der Waals surface area contributed by atoms with Gasteiger partial charge in [0, 0.05) is 18.3 Å². The van der Waals surface area contributed by atoms with Crippen molar-refractivity contribution in [2.75, 3.05) is 5.73 Å². The number of anilines is 1. The second kappa shape index (κ2) is 5.27. The molecule has 0 spiro atoms. The quantitative estimate of drug-likeness (QED) is 0.842. The summed E-state index contributed by atoms with van der Waals surface area (Å²) in [4.78, 5) is 11.9. The predicted octanol–water partition coefficient (Wildman–Crippen LogP) is 1.72. The maximum atomic E-state index is 13.4. The van der Waals surface area contributed by atoms with E-state index in [1.54, 1.807) is 24.0 Å². The SMILES string of the molecule is Cn1nccc1CNC(=O)c1cc(Cl)cc(F)c1N. The first-order chi connectivity index (χ1) is 8.99. The first-order valence-corrected chi connectivity index (χ1v) is 5.86. The molecule has 0 bridgehead atoms. The van der Waals surface area contributed by atoms with Gasteiger partial charge in [0.1, 0.15) is 5.82 Å². The third-order valence-electron chi connectivity index (χ3n) is 2.69. The van der Waals surface area contributed by atoms with Crippen LogP contribution >= 0.6 is 11.6 Å². The number of amides is 1. The van der Waals surface area contributed by atoms with Gasteiger partial charge in [-0.25, -0.2) is 4.39 Å². The zero-order valence-electron chi connectivity index (χ0n) is 10.2. The number of rotatable bonds is 3. The van der Waals surface area contributed by atoms with Crippen LogP contribution in [-0.2, 0) is 13.6 Å². The lowest BCUT2D eigenvalue weighted by atomic mass is 10.1. The fourth-order valence-electron chi connectivity index (χ4n) is 1.61. The van der Waals surface area contributed by atoms with Crippen molar-refractivity contribution in [2.45, 2.75) is 6.54 Å². The van der Waals surface area contributed by atoms with Crippen molar-refractivity contribution in [2.24, 2.45) is 7.05 Å². The number of aromatic nitrogens is 2. The summed E-state index contributed by atoms with van der Waals surface area (Å²) in [5, 5.41) is 6.73. The van der Waals surface area contributed by atoms with E-state index in [-0.39, 0.29) is 22.8 Å². The Morgan fingerprint density at radius 3 is 2.95 bits per heavy atom. The van der Waals surface area contributed by atoms with E-state index in [9.17, 15) is 9.18 Å². The second-order valence-corrected chi connectivity index (χ2v) is 4.41. The summed E-state index contributed by atoms with van der Waals surface area (Å²) in [6, 6.07) is 4.16. The highest BCUT2D eigenvalue weighted by atomic mass is 35.5. The molecule has 1 aromatic carbocycles. The monoisotopic (exact) mass is 282 g/mol. The van der Waals surface area contributed by atoms with Gasteiger partial charge in [0.05, 0.1) is 23.5 Å². The molecular weight excluding hydrogens is 271 g/mol. The number of halogens is 2. The van der Waals surface area contributed by atoms with Crippen LogP contribution < -0.4 is 11.1 Å². The minimum Gasteiger partial charge on any atom is -0.396 e. The van der Waals surface area contributed by atoms with Crippen molar-refractivity contribution in [1.82, 2.24) is 15.1 Å². The van der Waals surface area contributed by atoms with Gasteiger partial charge in [-0.15, -0.1) is 0 Å². The zero-order chi connectivity index (χ0) is 14.0. The Kier molecular flexibility index (Phi) is 3.71. The van der Waals surface area contributed by atoms with Crippen molar-refractivity contribution in [3.05, 3.63) is 46.5 Å². The van der Waals surface area contributed by atoms with Gasteiger partial charge in [-0.3, -0.25) is 9.48 Å². The lowest BCUT2D eigenvalue weighted by molar-refractivity contribution is 0.0950. The molecule has 0 radical (unpaired) electrons. The first kappa shape index (κ1) is 13.4. The smallest absolute Gasteiger partial charge is 0.253 e. The van der Waals surface area contributed by atoms with Crippen molar-refractivity contribution < 1.29 is 9.18 Å². The van der Waals surface area contributed by atoms with Crippen LogP contribution in [0.4, 0.5) is 10.1 Å². The Morgan fingerprint density at radius 2 is 2.32 bits per heavy atom. The van der Waals surface area contributed by atoms with Gasteiger partial charge < -0.3 is 11.1 Å². The van der Waals surface area contributed by atoms with Gasteiger partial charge in [0.15, 0.2) is 0 Å². The van der Waals surface area contributed by atoms with Gasteiger partial charge in [0.25, 0.3) is 5.91 Å². The highest BCUT2D eigenvalue weighted by molar-refractivity contribution is 6.31. The summed E-state index contributed by atoms with van der Waals surface area (Å²) in [6.45, 7) is 0.267. The van der Waals surface area contributed by atoms with E-state index in [0.717, 1.165) is 11.8 Å². The summed E-state index contributed by atoms with van der Waals surface area (Å²) in [7, 11) is 1.76. The number of nitrogens with zero attached hydrogens (tertiary/aromatic N) is 2. The average Bonchev–Trinajstić information content (AvgIpc) is 2.76. The number of carbonyl (C=O) groups excluding carboxylic acids is 1. The highest BCUT2D eigenvalue weighted by Gasteiger charge is 2.14. The molecule has 2 aromatic rings. The summed E-state index contributed by atoms with van der Waals surface area (Å²) in [5.41, 5.74) is 6.14. The van der Waals surface area contributed by atoms with Crippen LogP contribution in [0.15, 0.2) is 24.4 Å². The summed E-state index contributed by atoms with van der Waals surface area (Å²) in [5.74, 6) is -1.20. The molecule has 0 aliphatic rings. The van der Waals surface area contributed by atoms with Gasteiger partial charge in [0.2, 0.25) is 0 Å². The van der Waals surface area contributed by atoms with Crippen LogP contribution in [-0.4, -0.2) is 15.7 Å². The van der Waals surface area contributed by atoms with Crippen molar-refractivity contribution in [1.29, 1.82) is 0 Å². The van der Waals surface area contributed by atoms with Gasteiger partial charge in [-0.05, 0) is 18.2 Å². The van der Waals surface area contributed by atoms with Gasteiger partial charge in [-0.2, -0.15) is 5.10 Å². The number of nitrogens with two attached hydrogens (primary N) is 1. The Labute approximate surface area is 114 Å². The number of aryl methyl sites for hydroxylation is 1. The van der Waals surface area contributed by atoms with Crippen molar-refractivity contribution >= 4 is 23.2 Å². The fraction of sp³-hybridized carbons (Fsp3) is 0.167. The number of nitrogens with one attached hydrogen (secondary N) is 1. The Balaban J connectivity index is 2.15. The number of carbonyl (C=O) groups is 1. The molecule has 0 aliphatic heterocycles. The van der Waals surface area contributed by atoms with Gasteiger partial charge >= 0.3 is 0 Å². The molecule has 1 amide bonds. The number of benzene rings is 1. The van der Waals surface area contributed by atoms with Crippen LogP contribution in [0.3, 0.4) is 0 Å². The highest BCUT2D eigenvalue weighted by Crippen LogP contribution is 2.22. The summed E-state index contributed by atoms with van der Waals surface area (Å²) < 4.78 is 15.0. The van der Waals surface area contributed by atoms with E-state index in [0.29, 0.717) is 0 Å². The first-order valence-electron chi connectivity index (χ1n) is 5.48. The molecule has 3 N–H and O–H groups in total. The molecule has 2 rings (SSSR count). The number of hydrogen-bond acceptors (Lipinski definition) is 3. The average molecular weight is 283 g/mol. The molecule has 0 saturated carbocycles. The standard InChI is InChI=1S/C12H12ClFN4O/c1-18-8(2-3-17-18)6-16-12(19)9-4-7(13)5-10(14)11(9)15/h2-5H,6,15H2,1H3,(H,16,19). The molecule has 100 valence electrons. The van der Waals surface area contributed by atoms with E-state index < -0.39 is 11.7 Å². The summed E-state index contributed by atoms with van der Waals surface area (Å²) in [6.07, 6.45) is 1.62. The van der Waals surface area contributed by atoms with Crippen LogP contribution in [0.2, 0.25) is 5.02 Å². The molecule has 5 nitrogen and oxygen atoms in total. The normalized spacial score (nSPS) is 10.5.